The molecule has 1 amide bonds. The van der Waals surface area contributed by atoms with Crippen LogP contribution in [0.5, 0.6) is 5.75 Å². The fourth-order valence-corrected chi connectivity index (χ4v) is 3.57. The molecule has 6 nitrogen and oxygen atoms in total. The Morgan fingerprint density at radius 1 is 0.968 bits per heavy atom. The van der Waals surface area contributed by atoms with Crippen LogP contribution in [0.3, 0.4) is 0 Å². The zero-order valence-corrected chi connectivity index (χ0v) is 18.2. The molecule has 0 spiro atoms. The van der Waals surface area contributed by atoms with Crippen molar-refractivity contribution in [2.45, 2.75) is 43.7 Å². The minimum Gasteiger partial charge on any atom is -0.484 e. The molecule has 2 aromatic carbocycles. The van der Waals surface area contributed by atoms with Crippen LogP contribution < -0.4 is 14.8 Å². The van der Waals surface area contributed by atoms with Crippen molar-refractivity contribution in [2.75, 3.05) is 18.5 Å². The molecule has 0 unspecified atom stereocenters. The van der Waals surface area contributed by atoms with Crippen LogP contribution >= 0.6 is 0 Å². The molecule has 0 aliphatic carbocycles. The third-order valence-electron chi connectivity index (χ3n) is 4.22. The predicted molar refractivity (Wildman–Crippen MR) is 112 cm³/mol. The maximum absolute atomic E-state index is 12.4. The lowest BCUT2D eigenvalue weighted by atomic mass is 9.87. The van der Waals surface area contributed by atoms with E-state index in [0.717, 1.165) is 5.56 Å². The Kier molecular flexibility index (Phi) is 7.72. The van der Waals surface area contributed by atoms with Crippen LogP contribution in [0.1, 0.15) is 32.8 Å². The third kappa shape index (κ3) is 8.22. The van der Waals surface area contributed by atoms with Gasteiger partial charge < -0.3 is 10.1 Å². The summed E-state index contributed by atoms with van der Waals surface area (Å²) in [6, 6.07) is 11.9. The second kappa shape index (κ2) is 9.69. The van der Waals surface area contributed by atoms with Gasteiger partial charge in [-0.15, -0.1) is 0 Å². The average molecular weight is 459 g/mol. The van der Waals surface area contributed by atoms with E-state index in [1.54, 1.807) is 12.1 Å². The highest BCUT2D eigenvalue weighted by Gasteiger charge is 2.28. The first kappa shape index (κ1) is 24.7. The summed E-state index contributed by atoms with van der Waals surface area (Å²) in [4.78, 5) is 12.1. The Morgan fingerprint density at radius 3 is 2.06 bits per heavy atom. The smallest absolute Gasteiger partial charge is 0.422 e. The van der Waals surface area contributed by atoms with E-state index < -0.39 is 28.7 Å². The van der Waals surface area contributed by atoms with E-state index in [2.05, 4.69) is 14.8 Å². The van der Waals surface area contributed by atoms with Crippen LogP contribution in [-0.2, 0) is 20.2 Å². The lowest BCUT2D eigenvalue weighted by molar-refractivity contribution is -0.153. The molecule has 170 valence electrons. The van der Waals surface area contributed by atoms with Gasteiger partial charge in [0.15, 0.2) is 6.61 Å². The number of ether oxygens (including phenoxy) is 1. The highest BCUT2D eigenvalue weighted by Crippen LogP contribution is 2.23. The summed E-state index contributed by atoms with van der Waals surface area (Å²) >= 11 is 0. The van der Waals surface area contributed by atoms with Crippen LogP contribution in [0, 0.1) is 0 Å². The lowest BCUT2D eigenvalue weighted by Crippen LogP contribution is -2.28. The van der Waals surface area contributed by atoms with Crippen molar-refractivity contribution >= 4 is 21.6 Å². The molecule has 0 radical (unpaired) electrons. The number of benzene rings is 2. The highest BCUT2D eigenvalue weighted by molar-refractivity contribution is 7.89. The van der Waals surface area contributed by atoms with Crippen LogP contribution in [0.2, 0.25) is 0 Å². The monoisotopic (exact) mass is 458 g/mol. The largest absolute Gasteiger partial charge is 0.484 e. The van der Waals surface area contributed by atoms with Crippen molar-refractivity contribution in [3.05, 3.63) is 54.1 Å². The van der Waals surface area contributed by atoms with Gasteiger partial charge in [-0.25, -0.2) is 13.1 Å². The summed E-state index contributed by atoms with van der Waals surface area (Å²) in [6.45, 7) is 4.56. The third-order valence-corrected chi connectivity index (χ3v) is 5.69. The number of anilines is 1. The molecular formula is C21H25F3N2O4S. The number of carbonyl (C=O) groups excluding carboxylic acids is 1. The molecule has 0 heterocycles. The minimum atomic E-state index is -4.44. The molecule has 2 rings (SSSR count). The Labute approximate surface area is 179 Å². The number of sulfonamides is 1. The minimum absolute atomic E-state index is 0.0144. The molecule has 0 bridgehead atoms. The molecular weight excluding hydrogens is 433 g/mol. The fraction of sp³-hybridized carbons (Fsp3) is 0.381. The summed E-state index contributed by atoms with van der Waals surface area (Å²) in [5.41, 5.74) is 1.25. The first-order valence-electron chi connectivity index (χ1n) is 9.46. The number of amides is 1. The summed E-state index contributed by atoms with van der Waals surface area (Å²) in [6.07, 6.45) is -4.56. The summed E-state index contributed by atoms with van der Waals surface area (Å²) in [5, 5.41) is 2.54. The van der Waals surface area contributed by atoms with Crippen LogP contribution in [0.15, 0.2) is 53.4 Å². The summed E-state index contributed by atoms with van der Waals surface area (Å²) in [7, 11) is -3.75. The summed E-state index contributed by atoms with van der Waals surface area (Å²) < 4.78 is 68.1. The van der Waals surface area contributed by atoms with E-state index in [1.807, 2.05) is 20.8 Å². The Balaban J connectivity index is 1.83. The molecule has 0 aromatic heterocycles. The molecule has 31 heavy (non-hydrogen) atoms. The zero-order chi connectivity index (χ0) is 23.3. The van der Waals surface area contributed by atoms with Crippen molar-refractivity contribution in [2.24, 2.45) is 0 Å². The van der Waals surface area contributed by atoms with E-state index in [-0.39, 0.29) is 29.0 Å². The van der Waals surface area contributed by atoms with Gasteiger partial charge in [-0.3, -0.25) is 4.79 Å². The SMILES string of the molecule is CC(C)(C)c1ccc(S(=O)(=O)NCCC(=O)Nc2ccc(OCC(F)(F)F)cc2)cc1. The molecule has 2 aromatic rings. The van der Waals surface area contributed by atoms with Gasteiger partial charge in [0, 0.05) is 18.7 Å². The quantitative estimate of drug-likeness (QED) is 0.620. The van der Waals surface area contributed by atoms with Crippen molar-refractivity contribution in [1.82, 2.24) is 4.72 Å². The maximum atomic E-state index is 12.4. The van der Waals surface area contributed by atoms with Gasteiger partial charge in [0.05, 0.1) is 4.90 Å². The Bertz CT molecular complexity index is 981. The van der Waals surface area contributed by atoms with Crippen LogP contribution in [0.4, 0.5) is 18.9 Å². The summed E-state index contributed by atoms with van der Waals surface area (Å²) in [5.74, 6) is -0.435. The maximum Gasteiger partial charge on any atom is 0.422 e. The second-order valence-corrected chi connectivity index (χ2v) is 9.67. The van der Waals surface area contributed by atoms with Crippen molar-refractivity contribution in [3.8, 4) is 5.75 Å². The molecule has 0 aliphatic rings. The van der Waals surface area contributed by atoms with Crippen LogP contribution in [-0.4, -0.2) is 33.7 Å². The van der Waals surface area contributed by atoms with Gasteiger partial charge in [-0.05, 0) is 47.4 Å². The van der Waals surface area contributed by atoms with E-state index in [1.165, 1.54) is 36.4 Å². The topological polar surface area (TPSA) is 84.5 Å². The van der Waals surface area contributed by atoms with Crippen LogP contribution in [0.25, 0.3) is 0 Å². The van der Waals surface area contributed by atoms with Crippen molar-refractivity contribution < 1.29 is 31.1 Å². The average Bonchev–Trinajstić information content (AvgIpc) is 2.66. The van der Waals surface area contributed by atoms with Gasteiger partial charge >= 0.3 is 6.18 Å². The number of alkyl halides is 3. The molecule has 0 aliphatic heterocycles. The fourth-order valence-electron chi connectivity index (χ4n) is 2.54. The molecule has 0 atom stereocenters. The van der Waals surface area contributed by atoms with Crippen molar-refractivity contribution in [3.63, 3.8) is 0 Å². The van der Waals surface area contributed by atoms with E-state index in [4.69, 9.17) is 0 Å². The lowest BCUT2D eigenvalue weighted by Gasteiger charge is -2.19. The number of nitrogens with one attached hydrogen (secondary N) is 2. The standard InChI is InChI=1S/C21H25F3N2O4S/c1-20(2,3)15-4-10-18(11-5-15)31(28,29)25-13-12-19(27)26-16-6-8-17(9-7-16)30-14-21(22,23)24/h4-11,25H,12-14H2,1-3H3,(H,26,27). The normalized spacial score (nSPS) is 12.5. The number of hydrogen-bond acceptors (Lipinski definition) is 4. The van der Waals surface area contributed by atoms with Gasteiger partial charge in [0.25, 0.3) is 0 Å². The molecule has 0 saturated carbocycles. The number of hydrogen-bond donors (Lipinski definition) is 2. The Hall–Kier alpha value is -2.59. The van der Waals surface area contributed by atoms with Gasteiger partial charge in [-0.2, -0.15) is 13.2 Å². The second-order valence-electron chi connectivity index (χ2n) is 7.90. The number of carbonyl (C=O) groups is 1. The number of rotatable bonds is 8. The molecule has 10 heteroatoms. The highest BCUT2D eigenvalue weighted by atomic mass is 32.2. The van der Waals surface area contributed by atoms with Gasteiger partial charge in [0.1, 0.15) is 5.75 Å². The van der Waals surface area contributed by atoms with E-state index >= 15 is 0 Å². The Morgan fingerprint density at radius 2 is 1.55 bits per heavy atom. The van der Waals surface area contributed by atoms with E-state index in [9.17, 15) is 26.4 Å². The first-order chi connectivity index (χ1) is 14.3. The molecule has 2 N–H and O–H groups in total. The van der Waals surface area contributed by atoms with Gasteiger partial charge in [0.2, 0.25) is 15.9 Å². The molecule has 0 fully saturated rings. The predicted octanol–water partition coefficient (Wildman–Crippen LogP) is 4.23. The number of halogens is 3. The van der Waals surface area contributed by atoms with E-state index in [0.29, 0.717) is 5.69 Å². The molecule has 0 saturated heterocycles. The zero-order valence-electron chi connectivity index (χ0n) is 17.4. The van der Waals surface area contributed by atoms with Gasteiger partial charge in [-0.1, -0.05) is 32.9 Å². The van der Waals surface area contributed by atoms with Crippen molar-refractivity contribution in [1.29, 1.82) is 0 Å². The first-order valence-corrected chi connectivity index (χ1v) is 10.9.